The molecule has 0 saturated carbocycles. The first-order valence-corrected chi connectivity index (χ1v) is 4.18. The van der Waals surface area contributed by atoms with Crippen LogP contribution in [0, 0.1) is 0 Å². The van der Waals surface area contributed by atoms with Gasteiger partial charge in [-0.1, -0.05) is 6.08 Å². The van der Waals surface area contributed by atoms with Gasteiger partial charge in [0.15, 0.2) is 0 Å². The van der Waals surface area contributed by atoms with Crippen LogP contribution in [0.3, 0.4) is 0 Å². The zero-order valence-electron chi connectivity index (χ0n) is 7.60. The molecule has 0 aliphatic rings. The lowest BCUT2D eigenvalue weighted by Crippen LogP contribution is -2.17. The van der Waals surface area contributed by atoms with Crippen LogP contribution in [-0.2, 0) is 4.74 Å². The normalized spacial score (nSPS) is 12.9. The second-order valence-corrected chi connectivity index (χ2v) is 2.65. The molecule has 0 spiro atoms. The monoisotopic (exact) mass is 157 g/mol. The van der Waals surface area contributed by atoms with Crippen molar-refractivity contribution >= 4 is 0 Å². The van der Waals surface area contributed by atoms with Crippen molar-refractivity contribution in [1.82, 2.24) is 5.32 Å². The molecule has 2 nitrogen and oxygen atoms in total. The van der Waals surface area contributed by atoms with E-state index in [0.29, 0.717) is 6.10 Å². The van der Waals surface area contributed by atoms with Crippen LogP contribution >= 0.6 is 0 Å². The van der Waals surface area contributed by atoms with Crippen molar-refractivity contribution in [3.63, 3.8) is 0 Å². The number of ether oxygens (including phenoxy) is 1. The Morgan fingerprint density at radius 2 is 2.36 bits per heavy atom. The van der Waals surface area contributed by atoms with E-state index in [0.717, 1.165) is 26.0 Å². The summed E-state index contributed by atoms with van der Waals surface area (Å²) >= 11 is 0. The van der Waals surface area contributed by atoms with Gasteiger partial charge in [-0.25, -0.2) is 0 Å². The van der Waals surface area contributed by atoms with Crippen LogP contribution in [0.25, 0.3) is 0 Å². The molecule has 0 amide bonds. The Labute approximate surface area is 69.6 Å². The molecule has 1 unspecified atom stereocenters. The van der Waals surface area contributed by atoms with Crippen molar-refractivity contribution in [3.8, 4) is 0 Å². The number of nitrogens with one attached hydrogen (secondary N) is 1. The van der Waals surface area contributed by atoms with E-state index in [1.807, 2.05) is 13.1 Å². The van der Waals surface area contributed by atoms with E-state index >= 15 is 0 Å². The van der Waals surface area contributed by atoms with Crippen molar-refractivity contribution in [2.24, 2.45) is 0 Å². The van der Waals surface area contributed by atoms with E-state index in [2.05, 4.69) is 18.8 Å². The number of hydrogen-bond donors (Lipinski definition) is 1. The maximum Gasteiger partial charge on any atom is 0.0559 e. The Morgan fingerprint density at radius 3 is 2.91 bits per heavy atom. The van der Waals surface area contributed by atoms with Gasteiger partial charge in [0.05, 0.1) is 12.7 Å². The molecule has 1 atom stereocenters. The highest BCUT2D eigenvalue weighted by Crippen LogP contribution is 1.96. The molecule has 0 radical (unpaired) electrons. The van der Waals surface area contributed by atoms with Gasteiger partial charge in [-0.2, -0.15) is 0 Å². The van der Waals surface area contributed by atoms with Crippen molar-refractivity contribution < 1.29 is 4.74 Å². The molecule has 11 heavy (non-hydrogen) atoms. The third-order valence-electron chi connectivity index (χ3n) is 1.53. The van der Waals surface area contributed by atoms with Gasteiger partial charge in [0.2, 0.25) is 0 Å². The van der Waals surface area contributed by atoms with Gasteiger partial charge in [0.1, 0.15) is 0 Å². The smallest absolute Gasteiger partial charge is 0.0559 e. The summed E-state index contributed by atoms with van der Waals surface area (Å²) in [6.45, 7) is 7.55. The fourth-order valence-electron chi connectivity index (χ4n) is 0.783. The van der Waals surface area contributed by atoms with Crippen molar-refractivity contribution in [2.45, 2.75) is 25.9 Å². The maximum absolute atomic E-state index is 5.47. The van der Waals surface area contributed by atoms with Gasteiger partial charge < -0.3 is 10.1 Å². The number of hydrogen-bond acceptors (Lipinski definition) is 2. The largest absolute Gasteiger partial charge is 0.378 e. The van der Waals surface area contributed by atoms with E-state index in [1.54, 1.807) is 0 Å². The molecule has 0 heterocycles. The van der Waals surface area contributed by atoms with Gasteiger partial charge in [-0.05, 0) is 33.4 Å². The second kappa shape index (κ2) is 7.76. The Kier molecular flexibility index (Phi) is 7.52. The Bertz CT molecular complexity index is 93.6. The summed E-state index contributed by atoms with van der Waals surface area (Å²) < 4.78 is 5.47. The fraction of sp³-hybridized carbons (Fsp3) is 0.778. The average Bonchev–Trinajstić information content (AvgIpc) is 2.01. The zero-order chi connectivity index (χ0) is 8.53. The first-order valence-electron chi connectivity index (χ1n) is 4.18. The molecule has 0 bridgehead atoms. The minimum absolute atomic E-state index is 0.363. The Morgan fingerprint density at radius 1 is 1.64 bits per heavy atom. The Hall–Kier alpha value is -0.340. The highest BCUT2D eigenvalue weighted by atomic mass is 16.5. The predicted octanol–water partition coefficient (Wildman–Crippen LogP) is 1.58. The molecular weight excluding hydrogens is 138 g/mol. The van der Waals surface area contributed by atoms with E-state index in [9.17, 15) is 0 Å². The van der Waals surface area contributed by atoms with Crippen LogP contribution < -0.4 is 5.32 Å². The van der Waals surface area contributed by atoms with Crippen LogP contribution in [0.2, 0.25) is 0 Å². The van der Waals surface area contributed by atoms with Gasteiger partial charge in [0.25, 0.3) is 0 Å². The van der Waals surface area contributed by atoms with Crippen LogP contribution in [0.15, 0.2) is 12.7 Å². The molecule has 2 heteroatoms. The van der Waals surface area contributed by atoms with Crippen molar-refractivity contribution in [2.75, 3.05) is 20.2 Å². The molecule has 0 aromatic heterocycles. The summed E-state index contributed by atoms with van der Waals surface area (Å²) in [5.41, 5.74) is 0. The molecule has 0 aromatic rings. The standard InChI is InChI=1S/C9H19NO/c1-4-5-8-11-9(2)6-7-10-3/h4,9-10H,1,5-8H2,2-3H3. The van der Waals surface area contributed by atoms with Crippen LogP contribution in [0.4, 0.5) is 0 Å². The summed E-state index contributed by atoms with van der Waals surface area (Å²) in [6.07, 6.45) is 4.27. The van der Waals surface area contributed by atoms with Crippen LogP contribution in [0.1, 0.15) is 19.8 Å². The van der Waals surface area contributed by atoms with Crippen LogP contribution in [-0.4, -0.2) is 26.3 Å². The second-order valence-electron chi connectivity index (χ2n) is 2.65. The molecule has 0 saturated heterocycles. The first kappa shape index (κ1) is 10.7. The Balaban J connectivity index is 3.08. The van der Waals surface area contributed by atoms with Gasteiger partial charge in [-0.3, -0.25) is 0 Å². The van der Waals surface area contributed by atoms with Gasteiger partial charge >= 0.3 is 0 Å². The summed E-state index contributed by atoms with van der Waals surface area (Å²) in [4.78, 5) is 0. The minimum atomic E-state index is 0.363. The third kappa shape index (κ3) is 7.56. The van der Waals surface area contributed by atoms with E-state index < -0.39 is 0 Å². The van der Waals surface area contributed by atoms with E-state index in [1.165, 1.54) is 0 Å². The number of rotatable bonds is 7. The van der Waals surface area contributed by atoms with Crippen molar-refractivity contribution in [3.05, 3.63) is 12.7 Å². The first-order chi connectivity index (χ1) is 5.31. The highest BCUT2D eigenvalue weighted by Gasteiger charge is 1.98. The summed E-state index contributed by atoms with van der Waals surface area (Å²) in [7, 11) is 1.95. The molecule has 0 aromatic carbocycles. The third-order valence-corrected chi connectivity index (χ3v) is 1.53. The minimum Gasteiger partial charge on any atom is -0.378 e. The quantitative estimate of drug-likeness (QED) is 0.447. The van der Waals surface area contributed by atoms with E-state index in [4.69, 9.17) is 4.74 Å². The predicted molar refractivity (Wildman–Crippen MR) is 48.8 cm³/mol. The molecule has 66 valence electrons. The lowest BCUT2D eigenvalue weighted by molar-refractivity contribution is 0.0642. The summed E-state index contributed by atoms with van der Waals surface area (Å²) in [6, 6.07) is 0. The average molecular weight is 157 g/mol. The van der Waals surface area contributed by atoms with Gasteiger partial charge in [0, 0.05) is 0 Å². The van der Waals surface area contributed by atoms with Crippen molar-refractivity contribution in [1.29, 1.82) is 0 Å². The highest BCUT2D eigenvalue weighted by molar-refractivity contribution is 4.65. The van der Waals surface area contributed by atoms with Crippen LogP contribution in [0.5, 0.6) is 0 Å². The molecule has 0 rings (SSSR count). The SMILES string of the molecule is C=CCCOC(C)CCNC. The summed E-state index contributed by atoms with van der Waals surface area (Å²) in [5.74, 6) is 0. The maximum atomic E-state index is 5.47. The molecule has 0 aliphatic carbocycles. The van der Waals surface area contributed by atoms with Gasteiger partial charge in [-0.15, -0.1) is 6.58 Å². The lowest BCUT2D eigenvalue weighted by atomic mass is 10.3. The van der Waals surface area contributed by atoms with E-state index in [-0.39, 0.29) is 0 Å². The molecule has 1 N–H and O–H groups in total. The molecule has 0 fully saturated rings. The zero-order valence-corrected chi connectivity index (χ0v) is 7.60. The summed E-state index contributed by atoms with van der Waals surface area (Å²) in [5, 5.41) is 3.09. The molecule has 0 aliphatic heterocycles. The lowest BCUT2D eigenvalue weighted by Gasteiger charge is -2.11. The fourth-order valence-corrected chi connectivity index (χ4v) is 0.783. The topological polar surface area (TPSA) is 21.3 Å². The molecular formula is C9H19NO.